The van der Waals surface area contributed by atoms with Crippen molar-refractivity contribution >= 4 is 5.78 Å². The molecule has 82 valence electrons. The van der Waals surface area contributed by atoms with Crippen molar-refractivity contribution < 1.29 is 4.79 Å². The Morgan fingerprint density at radius 1 is 1.36 bits per heavy atom. The molecule has 1 fully saturated rings. The predicted molar refractivity (Wildman–Crippen MR) is 59.4 cm³/mol. The van der Waals surface area contributed by atoms with E-state index in [9.17, 15) is 4.79 Å². The Bertz CT molecular complexity index is 177. The molecule has 0 radical (unpaired) electrons. The number of ketones is 1. The fourth-order valence-electron chi connectivity index (χ4n) is 2.29. The van der Waals surface area contributed by atoms with Gasteiger partial charge >= 0.3 is 0 Å². The minimum absolute atomic E-state index is 0.343. The third-order valence-corrected chi connectivity index (χ3v) is 3.00. The van der Waals surface area contributed by atoms with Crippen molar-refractivity contribution in [3.8, 4) is 0 Å². The van der Waals surface area contributed by atoms with Crippen molar-refractivity contribution in [2.24, 2.45) is 5.92 Å². The Kier molecular flexibility index (Phi) is 5.16. The predicted octanol–water partition coefficient (Wildman–Crippen LogP) is 2.48. The number of Topliss-reactive ketones (excluding diaryl/α,β-unsaturated/α-hetero) is 1. The van der Waals surface area contributed by atoms with Crippen LogP contribution in [0, 0.1) is 5.92 Å². The molecule has 1 aliphatic heterocycles. The molecule has 1 unspecified atom stereocenters. The van der Waals surface area contributed by atoms with Crippen LogP contribution < -0.4 is 0 Å². The van der Waals surface area contributed by atoms with Gasteiger partial charge in [-0.25, -0.2) is 0 Å². The highest BCUT2D eigenvalue weighted by Gasteiger charge is 2.24. The van der Waals surface area contributed by atoms with E-state index < -0.39 is 0 Å². The van der Waals surface area contributed by atoms with Crippen LogP contribution in [0.2, 0.25) is 0 Å². The van der Waals surface area contributed by atoms with Gasteiger partial charge in [0.15, 0.2) is 0 Å². The van der Waals surface area contributed by atoms with Crippen LogP contribution in [0.25, 0.3) is 0 Å². The molecule has 0 bridgehead atoms. The first-order valence-corrected chi connectivity index (χ1v) is 6.03. The first-order valence-electron chi connectivity index (χ1n) is 6.03. The zero-order chi connectivity index (χ0) is 10.4. The summed E-state index contributed by atoms with van der Waals surface area (Å²) in [5.74, 6) is 0.837. The second kappa shape index (κ2) is 6.18. The van der Waals surface area contributed by atoms with Crippen molar-refractivity contribution in [3.63, 3.8) is 0 Å². The second-order valence-electron chi connectivity index (χ2n) is 4.36. The maximum absolute atomic E-state index is 11.7. The Labute approximate surface area is 87.7 Å². The van der Waals surface area contributed by atoms with Crippen LogP contribution >= 0.6 is 0 Å². The average molecular weight is 197 g/mol. The molecule has 0 aliphatic carbocycles. The molecule has 0 aromatic carbocycles. The summed E-state index contributed by atoms with van der Waals surface area (Å²) in [5, 5.41) is 0. The topological polar surface area (TPSA) is 20.3 Å². The van der Waals surface area contributed by atoms with E-state index in [1.165, 1.54) is 19.4 Å². The number of hydrogen-bond acceptors (Lipinski definition) is 2. The molecule has 0 aromatic heterocycles. The molecular weight excluding hydrogens is 174 g/mol. The Hall–Kier alpha value is -0.370. The van der Waals surface area contributed by atoms with E-state index in [0.29, 0.717) is 11.7 Å². The van der Waals surface area contributed by atoms with Gasteiger partial charge in [0.2, 0.25) is 0 Å². The van der Waals surface area contributed by atoms with Gasteiger partial charge in [-0.3, -0.25) is 4.79 Å². The van der Waals surface area contributed by atoms with Crippen LogP contribution in [0.4, 0.5) is 0 Å². The summed E-state index contributed by atoms with van der Waals surface area (Å²) in [7, 11) is 0. The van der Waals surface area contributed by atoms with Crippen LogP contribution in [0.5, 0.6) is 0 Å². The summed E-state index contributed by atoms with van der Waals surface area (Å²) in [6.45, 7) is 7.67. The van der Waals surface area contributed by atoms with Crippen LogP contribution in [0.3, 0.4) is 0 Å². The molecule has 0 aromatic rings. The van der Waals surface area contributed by atoms with Crippen LogP contribution in [0.1, 0.15) is 46.0 Å². The van der Waals surface area contributed by atoms with E-state index in [0.717, 1.165) is 32.4 Å². The van der Waals surface area contributed by atoms with E-state index in [2.05, 4.69) is 18.7 Å². The number of carbonyl (C=O) groups excluding carboxylic acids is 1. The molecule has 1 atom stereocenters. The van der Waals surface area contributed by atoms with Gasteiger partial charge in [-0.2, -0.15) is 0 Å². The molecule has 0 amide bonds. The zero-order valence-corrected chi connectivity index (χ0v) is 9.59. The van der Waals surface area contributed by atoms with Gasteiger partial charge in [0, 0.05) is 18.9 Å². The van der Waals surface area contributed by atoms with Crippen LogP contribution in [-0.4, -0.2) is 30.3 Å². The number of carbonyl (C=O) groups is 1. The molecule has 0 N–H and O–H groups in total. The highest BCUT2D eigenvalue weighted by atomic mass is 16.1. The lowest BCUT2D eigenvalue weighted by Crippen LogP contribution is -2.38. The van der Waals surface area contributed by atoms with Crippen molar-refractivity contribution in [1.82, 2.24) is 4.90 Å². The van der Waals surface area contributed by atoms with E-state index in [4.69, 9.17) is 0 Å². The molecular formula is C12H23NO. The number of nitrogens with zero attached hydrogens (tertiary/aromatic N) is 1. The van der Waals surface area contributed by atoms with Crippen molar-refractivity contribution in [1.29, 1.82) is 0 Å². The molecule has 0 saturated carbocycles. The van der Waals surface area contributed by atoms with Crippen LogP contribution in [0.15, 0.2) is 0 Å². The normalized spacial score (nSPS) is 23.7. The van der Waals surface area contributed by atoms with Gasteiger partial charge in [-0.05, 0) is 38.8 Å². The summed E-state index contributed by atoms with van der Waals surface area (Å²) in [6.07, 6.45) is 5.32. The van der Waals surface area contributed by atoms with E-state index in [1.807, 2.05) is 0 Å². The Morgan fingerprint density at radius 3 is 2.79 bits per heavy atom. The summed E-state index contributed by atoms with van der Waals surface area (Å²) in [4.78, 5) is 14.2. The molecule has 1 heterocycles. The Balaban J connectivity index is 2.35. The summed E-state index contributed by atoms with van der Waals surface area (Å²) in [5.41, 5.74) is 0. The minimum Gasteiger partial charge on any atom is -0.303 e. The maximum Gasteiger partial charge on any atom is 0.137 e. The van der Waals surface area contributed by atoms with Gasteiger partial charge in [0.1, 0.15) is 5.78 Å². The SMILES string of the molecule is CCCC(=O)C1CCCN(CCC)C1. The average Bonchev–Trinajstić information content (AvgIpc) is 2.19. The maximum atomic E-state index is 11.7. The van der Waals surface area contributed by atoms with Gasteiger partial charge in [0.05, 0.1) is 0 Å². The monoisotopic (exact) mass is 197 g/mol. The Morgan fingerprint density at radius 2 is 2.14 bits per heavy atom. The second-order valence-corrected chi connectivity index (χ2v) is 4.36. The van der Waals surface area contributed by atoms with Gasteiger partial charge < -0.3 is 4.90 Å². The molecule has 1 rings (SSSR count). The number of likely N-dealkylation sites (tertiary alicyclic amines) is 1. The molecule has 1 saturated heterocycles. The highest BCUT2D eigenvalue weighted by molar-refractivity contribution is 5.81. The lowest BCUT2D eigenvalue weighted by molar-refractivity contribution is -0.124. The van der Waals surface area contributed by atoms with Crippen molar-refractivity contribution in [2.45, 2.75) is 46.0 Å². The fraction of sp³-hybridized carbons (Fsp3) is 0.917. The number of piperidine rings is 1. The number of hydrogen-bond donors (Lipinski definition) is 0. The van der Waals surface area contributed by atoms with Crippen molar-refractivity contribution in [3.05, 3.63) is 0 Å². The molecule has 1 aliphatic rings. The van der Waals surface area contributed by atoms with Crippen LogP contribution in [-0.2, 0) is 4.79 Å². The molecule has 14 heavy (non-hydrogen) atoms. The van der Waals surface area contributed by atoms with E-state index >= 15 is 0 Å². The molecule has 0 spiro atoms. The molecule has 2 heteroatoms. The lowest BCUT2D eigenvalue weighted by Gasteiger charge is -2.31. The first-order chi connectivity index (χ1) is 6.77. The highest BCUT2D eigenvalue weighted by Crippen LogP contribution is 2.19. The quantitative estimate of drug-likeness (QED) is 0.675. The minimum atomic E-state index is 0.343. The lowest BCUT2D eigenvalue weighted by atomic mass is 9.91. The summed E-state index contributed by atoms with van der Waals surface area (Å²) in [6, 6.07) is 0. The largest absolute Gasteiger partial charge is 0.303 e. The fourth-order valence-corrected chi connectivity index (χ4v) is 2.29. The van der Waals surface area contributed by atoms with Gasteiger partial charge in [-0.15, -0.1) is 0 Å². The summed E-state index contributed by atoms with van der Waals surface area (Å²) >= 11 is 0. The smallest absolute Gasteiger partial charge is 0.137 e. The van der Waals surface area contributed by atoms with Gasteiger partial charge in [0.25, 0.3) is 0 Å². The summed E-state index contributed by atoms with van der Waals surface area (Å²) < 4.78 is 0. The third kappa shape index (κ3) is 3.41. The van der Waals surface area contributed by atoms with Gasteiger partial charge in [-0.1, -0.05) is 13.8 Å². The third-order valence-electron chi connectivity index (χ3n) is 3.00. The van der Waals surface area contributed by atoms with E-state index in [1.54, 1.807) is 0 Å². The first kappa shape index (κ1) is 11.7. The standard InChI is InChI=1S/C12H23NO/c1-3-6-12(14)11-7-5-9-13(10-11)8-4-2/h11H,3-10H2,1-2H3. The number of rotatable bonds is 5. The zero-order valence-electron chi connectivity index (χ0n) is 9.59. The van der Waals surface area contributed by atoms with E-state index in [-0.39, 0.29) is 0 Å². The molecule has 2 nitrogen and oxygen atoms in total. The van der Waals surface area contributed by atoms with Crippen molar-refractivity contribution in [2.75, 3.05) is 19.6 Å².